The lowest BCUT2D eigenvalue weighted by atomic mass is 10.2. The number of rotatable bonds is 4. The second kappa shape index (κ2) is 5.59. The molecule has 1 rings (SSSR count). The standard InChI is InChI=1S/C11H14ClN3/c1-15(2)6-5-14-11-4-3-9(8-13)7-10(11)12/h3-4,7,14H,5-6H2,1-2H3. The van der Waals surface area contributed by atoms with E-state index in [0.717, 1.165) is 18.8 Å². The van der Waals surface area contributed by atoms with Crippen molar-refractivity contribution in [1.29, 1.82) is 5.26 Å². The summed E-state index contributed by atoms with van der Waals surface area (Å²) in [4.78, 5) is 2.09. The normalized spacial score (nSPS) is 10.1. The molecular weight excluding hydrogens is 210 g/mol. The van der Waals surface area contributed by atoms with E-state index in [9.17, 15) is 0 Å². The molecule has 3 nitrogen and oxygen atoms in total. The molecule has 15 heavy (non-hydrogen) atoms. The van der Waals surface area contributed by atoms with Crippen molar-refractivity contribution >= 4 is 17.3 Å². The minimum absolute atomic E-state index is 0.582. The highest BCUT2D eigenvalue weighted by Gasteiger charge is 2.00. The lowest BCUT2D eigenvalue weighted by Gasteiger charge is -2.12. The molecule has 0 spiro atoms. The summed E-state index contributed by atoms with van der Waals surface area (Å²) < 4.78 is 0. The Balaban J connectivity index is 2.59. The first kappa shape index (κ1) is 11.8. The second-order valence-electron chi connectivity index (χ2n) is 3.54. The Bertz CT molecular complexity index is 369. The summed E-state index contributed by atoms with van der Waals surface area (Å²) >= 11 is 6.00. The number of halogens is 1. The predicted octanol–water partition coefficient (Wildman–Crippen LogP) is 2.19. The molecule has 0 saturated carbocycles. The fourth-order valence-electron chi connectivity index (χ4n) is 1.14. The van der Waals surface area contributed by atoms with Gasteiger partial charge in [0.2, 0.25) is 0 Å². The third kappa shape index (κ3) is 3.78. The molecule has 1 aromatic carbocycles. The van der Waals surface area contributed by atoms with E-state index in [1.54, 1.807) is 12.1 Å². The molecule has 0 saturated heterocycles. The number of hydrogen-bond acceptors (Lipinski definition) is 3. The van der Waals surface area contributed by atoms with Crippen LogP contribution < -0.4 is 5.32 Å². The minimum atomic E-state index is 0.582. The van der Waals surface area contributed by atoms with Gasteiger partial charge in [-0.25, -0.2) is 0 Å². The van der Waals surface area contributed by atoms with Gasteiger partial charge >= 0.3 is 0 Å². The quantitative estimate of drug-likeness (QED) is 0.851. The third-order valence-corrected chi connectivity index (χ3v) is 2.29. The zero-order chi connectivity index (χ0) is 11.3. The Kier molecular flexibility index (Phi) is 4.41. The van der Waals surface area contributed by atoms with Crippen LogP contribution in [0, 0.1) is 11.3 Å². The third-order valence-electron chi connectivity index (χ3n) is 1.97. The highest BCUT2D eigenvalue weighted by molar-refractivity contribution is 6.33. The Morgan fingerprint density at radius 1 is 1.47 bits per heavy atom. The molecule has 0 amide bonds. The first-order valence-electron chi connectivity index (χ1n) is 4.71. The smallest absolute Gasteiger partial charge is 0.0992 e. The number of nitrogens with zero attached hydrogens (tertiary/aromatic N) is 2. The average Bonchev–Trinajstić information content (AvgIpc) is 2.20. The first-order chi connectivity index (χ1) is 7.13. The van der Waals surface area contributed by atoms with Gasteiger partial charge in [-0.05, 0) is 32.3 Å². The SMILES string of the molecule is CN(C)CCNc1ccc(C#N)cc1Cl. The Morgan fingerprint density at radius 2 is 2.20 bits per heavy atom. The zero-order valence-electron chi connectivity index (χ0n) is 8.92. The molecule has 0 aliphatic heterocycles. The van der Waals surface area contributed by atoms with E-state index in [0.29, 0.717) is 10.6 Å². The maximum Gasteiger partial charge on any atom is 0.0992 e. The Morgan fingerprint density at radius 3 is 2.73 bits per heavy atom. The van der Waals surface area contributed by atoms with Crippen LogP contribution in [0.5, 0.6) is 0 Å². The summed E-state index contributed by atoms with van der Waals surface area (Å²) in [6.07, 6.45) is 0. The molecule has 0 bridgehead atoms. The number of nitrogens with one attached hydrogen (secondary N) is 1. The number of hydrogen-bond donors (Lipinski definition) is 1. The number of likely N-dealkylation sites (N-methyl/N-ethyl adjacent to an activating group) is 1. The maximum absolute atomic E-state index is 8.67. The van der Waals surface area contributed by atoms with Crippen LogP contribution in [0.2, 0.25) is 5.02 Å². The van der Waals surface area contributed by atoms with E-state index in [1.165, 1.54) is 0 Å². The Hall–Kier alpha value is -1.24. The molecule has 0 unspecified atom stereocenters. The molecule has 0 aliphatic rings. The fraction of sp³-hybridized carbons (Fsp3) is 0.364. The van der Waals surface area contributed by atoms with E-state index >= 15 is 0 Å². The summed E-state index contributed by atoms with van der Waals surface area (Å²) in [5.41, 5.74) is 1.45. The van der Waals surface area contributed by atoms with Crippen molar-refractivity contribution in [3.05, 3.63) is 28.8 Å². The maximum atomic E-state index is 8.67. The van der Waals surface area contributed by atoms with Crippen LogP contribution in [-0.2, 0) is 0 Å². The van der Waals surface area contributed by atoms with Gasteiger partial charge in [0.15, 0.2) is 0 Å². The van der Waals surface area contributed by atoms with Gasteiger partial charge in [0.05, 0.1) is 22.3 Å². The van der Waals surface area contributed by atoms with E-state index < -0.39 is 0 Å². The van der Waals surface area contributed by atoms with Crippen LogP contribution >= 0.6 is 11.6 Å². The van der Waals surface area contributed by atoms with Crippen molar-refractivity contribution in [2.75, 3.05) is 32.5 Å². The zero-order valence-corrected chi connectivity index (χ0v) is 9.67. The number of nitriles is 1. The highest BCUT2D eigenvalue weighted by atomic mass is 35.5. The van der Waals surface area contributed by atoms with Gasteiger partial charge < -0.3 is 10.2 Å². The van der Waals surface area contributed by atoms with Gasteiger partial charge in [-0.1, -0.05) is 11.6 Å². The van der Waals surface area contributed by atoms with Crippen LogP contribution in [0.3, 0.4) is 0 Å². The topological polar surface area (TPSA) is 39.1 Å². The molecule has 80 valence electrons. The van der Waals surface area contributed by atoms with Crippen molar-refractivity contribution < 1.29 is 0 Å². The summed E-state index contributed by atoms with van der Waals surface area (Å²) in [6.45, 7) is 1.77. The van der Waals surface area contributed by atoms with Crippen LogP contribution in [0.15, 0.2) is 18.2 Å². The fourth-order valence-corrected chi connectivity index (χ4v) is 1.39. The molecule has 0 heterocycles. The molecular formula is C11H14ClN3. The van der Waals surface area contributed by atoms with E-state index in [-0.39, 0.29) is 0 Å². The number of benzene rings is 1. The van der Waals surface area contributed by atoms with Crippen molar-refractivity contribution in [1.82, 2.24) is 4.90 Å². The highest BCUT2D eigenvalue weighted by Crippen LogP contribution is 2.22. The molecule has 0 aromatic heterocycles. The molecule has 0 radical (unpaired) electrons. The molecule has 0 atom stereocenters. The summed E-state index contributed by atoms with van der Waals surface area (Å²) in [6, 6.07) is 7.30. The molecule has 1 N–H and O–H groups in total. The number of anilines is 1. The van der Waals surface area contributed by atoms with Crippen LogP contribution in [0.1, 0.15) is 5.56 Å². The lowest BCUT2D eigenvalue weighted by Crippen LogP contribution is -2.20. The summed E-state index contributed by atoms with van der Waals surface area (Å²) in [7, 11) is 4.03. The van der Waals surface area contributed by atoms with E-state index in [4.69, 9.17) is 16.9 Å². The monoisotopic (exact) mass is 223 g/mol. The largest absolute Gasteiger partial charge is 0.383 e. The molecule has 4 heteroatoms. The van der Waals surface area contributed by atoms with Gasteiger partial charge in [0.1, 0.15) is 0 Å². The molecule has 0 fully saturated rings. The summed E-state index contributed by atoms with van der Waals surface area (Å²) in [5, 5.41) is 12.5. The summed E-state index contributed by atoms with van der Waals surface area (Å²) in [5.74, 6) is 0. The van der Waals surface area contributed by atoms with Crippen LogP contribution in [0.25, 0.3) is 0 Å². The van der Waals surface area contributed by atoms with Gasteiger partial charge in [-0.2, -0.15) is 5.26 Å². The van der Waals surface area contributed by atoms with Crippen LogP contribution in [-0.4, -0.2) is 32.1 Å². The second-order valence-corrected chi connectivity index (χ2v) is 3.94. The van der Waals surface area contributed by atoms with E-state index in [1.807, 2.05) is 26.2 Å². The van der Waals surface area contributed by atoms with Crippen LogP contribution in [0.4, 0.5) is 5.69 Å². The van der Waals surface area contributed by atoms with Crippen molar-refractivity contribution in [3.8, 4) is 6.07 Å². The molecule has 1 aromatic rings. The van der Waals surface area contributed by atoms with Gasteiger partial charge in [0, 0.05) is 13.1 Å². The first-order valence-corrected chi connectivity index (χ1v) is 5.09. The van der Waals surface area contributed by atoms with Gasteiger partial charge in [0.25, 0.3) is 0 Å². The van der Waals surface area contributed by atoms with Crippen molar-refractivity contribution in [3.63, 3.8) is 0 Å². The van der Waals surface area contributed by atoms with Gasteiger partial charge in [-0.15, -0.1) is 0 Å². The Labute approximate surface area is 95.3 Å². The van der Waals surface area contributed by atoms with E-state index in [2.05, 4.69) is 10.2 Å². The van der Waals surface area contributed by atoms with Crippen molar-refractivity contribution in [2.24, 2.45) is 0 Å². The van der Waals surface area contributed by atoms with Gasteiger partial charge in [-0.3, -0.25) is 0 Å². The predicted molar refractivity (Wildman–Crippen MR) is 63.2 cm³/mol. The lowest BCUT2D eigenvalue weighted by molar-refractivity contribution is 0.425. The minimum Gasteiger partial charge on any atom is -0.383 e. The average molecular weight is 224 g/mol. The van der Waals surface area contributed by atoms with Crippen molar-refractivity contribution in [2.45, 2.75) is 0 Å². The molecule has 0 aliphatic carbocycles.